The fourth-order valence-corrected chi connectivity index (χ4v) is 3.32. The Bertz CT molecular complexity index is 468. The Morgan fingerprint density at radius 1 is 1.30 bits per heavy atom. The molecule has 2 aliphatic rings. The number of rotatable bonds is 4. The van der Waals surface area contributed by atoms with Crippen molar-refractivity contribution in [3.05, 3.63) is 18.5 Å². The molecule has 0 aliphatic carbocycles. The van der Waals surface area contributed by atoms with E-state index in [0.717, 1.165) is 25.3 Å². The summed E-state index contributed by atoms with van der Waals surface area (Å²) in [6.07, 6.45) is 6.02. The van der Waals surface area contributed by atoms with Gasteiger partial charge in [-0.25, -0.2) is 9.97 Å². The number of likely N-dealkylation sites (tertiary alicyclic amines) is 1. The van der Waals surface area contributed by atoms with Crippen molar-refractivity contribution in [2.45, 2.75) is 31.3 Å². The first kappa shape index (κ1) is 13.3. The van der Waals surface area contributed by atoms with Crippen LogP contribution in [0.5, 0.6) is 0 Å². The zero-order valence-electron chi connectivity index (χ0n) is 11.7. The summed E-state index contributed by atoms with van der Waals surface area (Å²) < 4.78 is 5.12. The number of methoxy groups -OCH3 is 1. The summed E-state index contributed by atoms with van der Waals surface area (Å²) in [4.78, 5) is 25.0. The summed E-state index contributed by atoms with van der Waals surface area (Å²) >= 11 is 0. The summed E-state index contributed by atoms with van der Waals surface area (Å²) in [6, 6.07) is 2.44. The molecule has 6 heteroatoms. The summed E-state index contributed by atoms with van der Waals surface area (Å²) in [6.45, 7) is 2.19. The average Bonchev–Trinajstić information content (AvgIpc) is 2.91. The van der Waals surface area contributed by atoms with Crippen LogP contribution >= 0.6 is 0 Å². The van der Waals surface area contributed by atoms with Crippen LogP contribution < -0.4 is 4.90 Å². The van der Waals surface area contributed by atoms with Gasteiger partial charge in [0.2, 0.25) is 11.9 Å². The average molecular weight is 276 g/mol. The third kappa shape index (κ3) is 2.35. The minimum Gasteiger partial charge on any atom is -0.383 e. The van der Waals surface area contributed by atoms with Crippen molar-refractivity contribution in [2.75, 3.05) is 31.7 Å². The smallest absolute Gasteiger partial charge is 0.225 e. The Kier molecular flexibility index (Phi) is 3.82. The molecular weight excluding hydrogens is 256 g/mol. The maximum absolute atomic E-state index is 12.1. The van der Waals surface area contributed by atoms with Gasteiger partial charge in [-0.15, -0.1) is 0 Å². The lowest BCUT2D eigenvalue weighted by atomic mass is 9.96. The van der Waals surface area contributed by atoms with Crippen molar-refractivity contribution >= 4 is 11.9 Å². The standard InChI is InChI=1S/C14H20N4O2/c1-20-10-9-17-12-5-8-18(11(12)3-4-13(17)19)14-15-6-2-7-16-14/h2,6-7,11-12H,3-5,8-10H2,1H3/t11-,12+/m0/s1. The van der Waals surface area contributed by atoms with E-state index in [-0.39, 0.29) is 11.9 Å². The number of aromatic nitrogens is 2. The van der Waals surface area contributed by atoms with Crippen LogP contribution in [0.25, 0.3) is 0 Å². The van der Waals surface area contributed by atoms with Crippen molar-refractivity contribution in [3.63, 3.8) is 0 Å². The van der Waals surface area contributed by atoms with Crippen molar-refractivity contribution in [1.82, 2.24) is 14.9 Å². The molecule has 108 valence electrons. The van der Waals surface area contributed by atoms with E-state index in [1.165, 1.54) is 0 Å². The SMILES string of the molecule is COCCN1C(=O)CC[C@H]2[C@H]1CCN2c1ncccn1. The number of hydrogen-bond donors (Lipinski definition) is 0. The number of nitrogens with zero attached hydrogens (tertiary/aromatic N) is 4. The second-order valence-electron chi connectivity index (χ2n) is 5.28. The molecule has 20 heavy (non-hydrogen) atoms. The van der Waals surface area contributed by atoms with Gasteiger partial charge in [0.05, 0.1) is 18.7 Å². The molecule has 3 rings (SSSR count). The van der Waals surface area contributed by atoms with Gasteiger partial charge in [0.1, 0.15) is 0 Å². The highest BCUT2D eigenvalue weighted by molar-refractivity contribution is 5.78. The van der Waals surface area contributed by atoms with Crippen LogP contribution in [-0.2, 0) is 9.53 Å². The molecule has 0 unspecified atom stereocenters. The maximum Gasteiger partial charge on any atom is 0.225 e. The molecule has 0 aromatic carbocycles. The van der Waals surface area contributed by atoms with Crippen molar-refractivity contribution in [2.24, 2.45) is 0 Å². The first-order chi connectivity index (χ1) is 9.81. The first-order valence-corrected chi connectivity index (χ1v) is 7.13. The van der Waals surface area contributed by atoms with E-state index in [0.29, 0.717) is 25.6 Å². The largest absolute Gasteiger partial charge is 0.383 e. The molecule has 0 radical (unpaired) electrons. The molecule has 2 aliphatic heterocycles. The number of carbonyl (C=O) groups is 1. The zero-order chi connectivity index (χ0) is 13.9. The van der Waals surface area contributed by atoms with Gasteiger partial charge in [0.15, 0.2) is 0 Å². The molecule has 1 aromatic heterocycles. The van der Waals surface area contributed by atoms with E-state index in [9.17, 15) is 4.79 Å². The van der Waals surface area contributed by atoms with E-state index >= 15 is 0 Å². The predicted molar refractivity (Wildman–Crippen MR) is 74.4 cm³/mol. The monoisotopic (exact) mass is 276 g/mol. The van der Waals surface area contributed by atoms with Crippen LogP contribution in [0.4, 0.5) is 5.95 Å². The Hall–Kier alpha value is -1.69. The second kappa shape index (κ2) is 5.75. The van der Waals surface area contributed by atoms with Gasteiger partial charge in [0, 0.05) is 39.0 Å². The first-order valence-electron chi connectivity index (χ1n) is 7.13. The van der Waals surface area contributed by atoms with Gasteiger partial charge in [-0.3, -0.25) is 4.79 Å². The predicted octanol–water partition coefficient (Wildman–Crippen LogP) is 0.693. The maximum atomic E-state index is 12.1. The van der Waals surface area contributed by atoms with Gasteiger partial charge >= 0.3 is 0 Å². The molecule has 3 heterocycles. The molecule has 0 spiro atoms. The number of anilines is 1. The van der Waals surface area contributed by atoms with Crippen molar-refractivity contribution in [1.29, 1.82) is 0 Å². The topological polar surface area (TPSA) is 58.6 Å². The lowest BCUT2D eigenvalue weighted by Gasteiger charge is -2.39. The van der Waals surface area contributed by atoms with E-state index in [2.05, 4.69) is 14.9 Å². The summed E-state index contributed by atoms with van der Waals surface area (Å²) in [7, 11) is 1.67. The second-order valence-corrected chi connectivity index (χ2v) is 5.28. The highest BCUT2D eigenvalue weighted by Crippen LogP contribution is 2.33. The van der Waals surface area contributed by atoms with Crippen LogP contribution in [0.3, 0.4) is 0 Å². The Morgan fingerprint density at radius 3 is 2.85 bits per heavy atom. The van der Waals surface area contributed by atoms with Crippen LogP contribution in [0.15, 0.2) is 18.5 Å². The van der Waals surface area contributed by atoms with Crippen LogP contribution in [-0.4, -0.2) is 59.7 Å². The third-order valence-corrected chi connectivity index (χ3v) is 4.23. The molecule has 2 atom stereocenters. The molecule has 2 saturated heterocycles. The lowest BCUT2D eigenvalue weighted by Crippen LogP contribution is -2.53. The van der Waals surface area contributed by atoms with Crippen LogP contribution in [0, 0.1) is 0 Å². The molecule has 1 amide bonds. The van der Waals surface area contributed by atoms with E-state index in [1.54, 1.807) is 19.5 Å². The minimum atomic E-state index is 0.249. The normalized spacial score (nSPS) is 25.9. The number of piperidine rings is 1. The van der Waals surface area contributed by atoms with Gasteiger partial charge in [-0.05, 0) is 18.9 Å². The van der Waals surface area contributed by atoms with Crippen LogP contribution in [0.2, 0.25) is 0 Å². The van der Waals surface area contributed by atoms with Crippen molar-refractivity contribution < 1.29 is 9.53 Å². The van der Waals surface area contributed by atoms with Gasteiger partial charge in [0.25, 0.3) is 0 Å². The third-order valence-electron chi connectivity index (χ3n) is 4.23. The number of carbonyl (C=O) groups excluding carboxylic acids is 1. The number of amides is 1. The van der Waals surface area contributed by atoms with E-state index < -0.39 is 0 Å². The lowest BCUT2D eigenvalue weighted by molar-refractivity contribution is -0.137. The molecular formula is C14H20N4O2. The van der Waals surface area contributed by atoms with E-state index in [1.807, 2.05) is 11.0 Å². The Labute approximate surface area is 118 Å². The van der Waals surface area contributed by atoms with Crippen LogP contribution in [0.1, 0.15) is 19.3 Å². The summed E-state index contributed by atoms with van der Waals surface area (Å²) in [5.74, 6) is 1.03. The van der Waals surface area contributed by atoms with Gasteiger partial charge in [-0.1, -0.05) is 0 Å². The van der Waals surface area contributed by atoms with Gasteiger partial charge in [-0.2, -0.15) is 0 Å². The zero-order valence-corrected chi connectivity index (χ0v) is 11.7. The molecule has 1 aromatic rings. The molecule has 0 N–H and O–H groups in total. The van der Waals surface area contributed by atoms with Crippen molar-refractivity contribution in [3.8, 4) is 0 Å². The molecule has 0 saturated carbocycles. The number of ether oxygens (including phenoxy) is 1. The number of fused-ring (bicyclic) bond motifs is 1. The molecule has 0 bridgehead atoms. The molecule has 2 fully saturated rings. The fraction of sp³-hybridized carbons (Fsp3) is 0.643. The summed E-state index contributed by atoms with van der Waals surface area (Å²) in [5.41, 5.74) is 0. The Balaban J connectivity index is 1.77. The number of hydrogen-bond acceptors (Lipinski definition) is 5. The van der Waals surface area contributed by atoms with E-state index in [4.69, 9.17) is 4.74 Å². The van der Waals surface area contributed by atoms with Gasteiger partial charge < -0.3 is 14.5 Å². The highest BCUT2D eigenvalue weighted by Gasteiger charge is 2.43. The fourth-order valence-electron chi connectivity index (χ4n) is 3.32. The quantitative estimate of drug-likeness (QED) is 0.810. The highest BCUT2D eigenvalue weighted by atomic mass is 16.5. The molecule has 6 nitrogen and oxygen atoms in total. The minimum absolute atomic E-state index is 0.249. The summed E-state index contributed by atoms with van der Waals surface area (Å²) in [5, 5.41) is 0. The Morgan fingerprint density at radius 2 is 2.10 bits per heavy atom.